The van der Waals surface area contributed by atoms with Gasteiger partial charge in [0.15, 0.2) is 0 Å². The average Bonchev–Trinajstić information content (AvgIpc) is 1.60. The molecule has 0 radical (unpaired) electrons. The van der Waals surface area contributed by atoms with Gasteiger partial charge in [-0.3, -0.25) is 5.73 Å². The molecule has 0 heterocycles. The Balaban J connectivity index is 2.32. The first-order valence-corrected chi connectivity index (χ1v) is 4.41. The lowest BCUT2D eigenvalue weighted by Gasteiger charge is -2.23. The lowest BCUT2D eigenvalue weighted by molar-refractivity contribution is 0.294. The minimum atomic E-state index is -2.13. The summed E-state index contributed by atoms with van der Waals surface area (Å²) in [6.45, 7) is 0. The third-order valence-corrected chi connectivity index (χ3v) is 2.82. The highest BCUT2D eigenvalue weighted by atomic mass is 31.1. The van der Waals surface area contributed by atoms with Crippen LogP contribution in [0.3, 0.4) is 0 Å². The molecule has 52 valence electrons. The predicted octanol–water partition coefficient (Wildman–Crippen LogP) is 0.806. The van der Waals surface area contributed by atoms with Crippen LogP contribution >= 0.6 is 8.03 Å². The maximum atomic E-state index is 10.4. The van der Waals surface area contributed by atoms with Crippen molar-refractivity contribution in [1.82, 2.24) is 0 Å². The van der Waals surface area contributed by atoms with Gasteiger partial charge in [-0.1, -0.05) is 6.42 Å². The summed E-state index contributed by atoms with van der Waals surface area (Å²) in [6.07, 6.45) is 3.23. The zero-order chi connectivity index (χ0) is 6.85. The minimum Gasteiger partial charge on any atom is -0.285 e. The second-order valence-electron chi connectivity index (χ2n) is 2.48. The highest BCUT2D eigenvalue weighted by Crippen LogP contribution is 2.37. The van der Waals surface area contributed by atoms with E-state index in [1.54, 1.807) is 0 Å². The monoisotopic (exact) mass is 148 g/mol. The van der Waals surface area contributed by atoms with Crippen molar-refractivity contribution in [3.05, 3.63) is 0 Å². The summed E-state index contributed by atoms with van der Waals surface area (Å²) in [5.74, 6) is -0.146. The SMILES string of the molecule is N[C@@H](C1CCC1)[P+](=O)O. The lowest BCUT2D eigenvalue weighted by Crippen LogP contribution is -2.31. The minimum absolute atomic E-state index is 0.318. The van der Waals surface area contributed by atoms with Crippen LogP contribution < -0.4 is 5.73 Å². The van der Waals surface area contributed by atoms with Crippen LogP contribution in [0.4, 0.5) is 0 Å². The summed E-state index contributed by atoms with van der Waals surface area (Å²) < 4.78 is 10.4. The van der Waals surface area contributed by atoms with Crippen molar-refractivity contribution in [3.8, 4) is 0 Å². The van der Waals surface area contributed by atoms with Gasteiger partial charge in [-0.05, 0) is 17.4 Å². The molecule has 0 aliphatic heterocycles. The highest BCUT2D eigenvalue weighted by Gasteiger charge is 2.37. The zero-order valence-electron chi connectivity index (χ0n) is 5.16. The van der Waals surface area contributed by atoms with Crippen molar-refractivity contribution in [3.63, 3.8) is 0 Å². The van der Waals surface area contributed by atoms with Gasteiger partial charge in [-0.25, -0.2) is 0 Å². The van der Waals surface area contributed by atoms with Gasteiger partial charge in [0.05, 0.1) is 0 Å². The normalized spacial score (nSPS) is 24.9. The molecular weight excluding hydrogens is 137 g/mol. The summed E-state index contributed by atoms with van der Waals surface area (Å²) in [5.41, 5.74) is 5.39. The Labute approximate surface area is 55.1 Å². The number of hydrogen-bond donors (Lipinski definition) is 2. The molecule has 0 aromatic heterocycles. The molecule has 1 fully saturated rings. The molecule has 0 amide bonds. The van der Waals surface area contributed by atoms with Crippen molar-refractivity contribution < 1.29 is 9.46 Å². The molecule has 0 saturated heterocycles. The molecule has 2 atom stereocenters. The second kappa shape index (κ2) is 2.74. The first kappa shape index (κ1) is 7.13. The van der Waals surface area contributed by atoms with Gasteiger partial charge in [0.1, 0.15) is 0 Å². The maximum Gasteiger partial charge on any atom is 0.524 e. The molecule has 0 aromatic carbocycles. The van der Waals surface area contributed by atoms with E-state index in [1.807, 2.05) is 0 Å². The molecule has 0 bridgehead atoms. The first-order valence-electron chi connectivity index (χ1n) is 3.12. The fourth-order valence-corrected chi connectivity index (χ4v) is 1.62. The predicted molar refractivity (Wildman–Crippen MR) is 35.1 cm³/mol. The van der Waals surface area contributed by atoms with Gasteiger partial charge in [-0.15, -0.1) is 0 Å². The van der Waals surface area contributed by atoms with Crippen LogP contribution in [0.2, 0.25) is 0 Å². The standard InChI is InChI=1S/C5H10NO2P/c6-5(9(7)8)4-2-1-3-4/h4-5H,1-3,6H2/p+1/t5-/m1/s1. The third-order valence-electron chi connectivity index (χ3n) is 1.89. The molecule has 1 unspecified atom stereocenters. The van der Waals surface area contributed by atoms with Crippen LogP contribution in [0.25, 0.3) is 0 Å². The van der Waals surface area contributed by atoms with Gasteiger partial charge >= 0.3 is 8.03 Å². The molecule has 1 saturated carbocycles. The van der Waals surface area contributed by atoms with E-state index in [2.05, 4.69) is 0 Å². The van der Waals surface area contributed by atoms with Gasteiger partial charge in [0, 0.05) is 5.92 Å². The Bertz CT molecular complexity index is 124. The van der Waals surface area contributed by atoms with Gasteiger partial charge in [0.2, 0.25) is 5.78 Å². The number of nitrogens with two attached hydrogens (primary N) is 1. The van der Waals surface area contributed by atoms with Crippen LogP contribution in [0.1, 0.15) is 19.3 Å². The molecule has 1 aliphatic carbocycles. The third kappa shape index (κ3) is 1.48. The molecule has 3 nitrogen and oxygen atoms in total. The van der Waals surface area contributed by atoms with Crippen LogP contribution in [0, 0.1) is 5.92 Å². The summed E-state index contributed by atoms with van der Waals surface area (Å²) in [4.78, 5) is 8.54. The average molecular weight is 148 g/mol. The molecule has 1 rings (SSSR count). The Morgan fingerprint density at radius 2 is 2.22 bits per heavy atom. The Morgan fingerprint density at radius 3 is 2.33 bits per heavy atom. The molecule has 3 N–H and O–H groups in total. The second-order valence-corrected chi connectivity index (χ2v) is 3.69. The van der Waals surface area contributed by atoms with Crippen molar-refractivity contribution in [2.75, 3.05) is 0 Å². The van der Waals surface area contributed by atoms with Crippen molar-refractivity contribution in [1.29, 1.82) is 0 Å². The molecule has 9 heavy (non-hydrogen) atoms. The van der Waals surface area contributed by atoms with Crippen LogP contribution in [0.5, 0.6) is 0 Å². The smallest absolute Gasteiger partial charge is 0.285 e. The van der Waals surface area contributed by atoms with Gasteiger partial charge < -0.3 is 0 Å². The zero-order valence-corrected chi connectivity index (χ0v) is 6.05. The van der Waals surface area contributed by atoms with E-state index in [0.717, 1.165) is 12.8 Å². The summed E-state index contributed by atoms with van der Waals surface area (Å²) in [5, 5.41) is 0. The molecular formula is C5H11NO2P+. The summed E-state index contributed by atoms with van der Waals surface area (Å²) in [6, 6.07) is 0. The molecule has 0 aromatic rings. The van der Waals surface area contributed by atoms with Crippen LogP contribution in [-0.2, 0) is 4.57 Å². The molecule has 1 aliphatic rings. The van der Waals surface area contributed by atoms with Crippen LogP contribution in [-0.4, -0.2) is 10.7 Å². The van der Waals surface area contributed by atoms with Crippen molar-refractivity contribution >= 4 is 8.03 Å². The maximum absolute atomic E-state index is 10.4. The van der Waals surface area contributed by atoms with E-state index < -0.39 is 13.8 Å². The Hall–Kier alpha value is 0.0200. The van der Waals surface area contributed by atoms with Gasteiger partial charge in [0.25, 0.3) is 0 Å². The van der Waals surface area contributed by atoms with E-state index in [-0.39, 0.29) is 0 Å². The van der Waals surface area contributed by atoms with Crippen molar-refractivity contribution in [2.24, 2.45) is 11.7 Å². The van der Waals surface area contributed by atoms with E-state index >= 15 is 0 Å². The van der Waals surface area contributed by atoms with Crippen LogP contribution in [0.15, 0.2) is 0 Å². The molecule has 4 heteroatoms. The van der Waals surface area contributed by atoms with E-state index in [9.17, 15) is 4.57 Å². The quantitative estimate of drug-likeness (QED) is 0.569. The number of hydrogen-bond acceptors (Lipinski definition) is 2. The highest BCUT2D eigenvalue weighted by molar-refractivity contribution is 7.38. The molecule has 0 spiro atoms. The Kier molecular flexibility index (Phi) is 2.17. The van der Waals surface area contributed by atoms with Gasteiger partial charge in [-0.2, -0.15) is 4.89 Å². The largest absolute Gasteiger partial charge is 0.524 e. The topological polar surface area (TPSA) is 63.3 Å². The summed E-state index contributed by atoms with van der Waals surface area (Å²) >= 11 is 0. The first-order chi connectivity index (χ1) is 4.22. The Morgan fingerprint density at radius 1 is 1.67 bits per heavy atom. The van der Waals surface area contributed by atoms with Crippen molar-refractivity contribution in [2.45, 2.75) is 25.0 Å². The van der Waals surface area contributed by atoms with E-state index in [4.69, 9.17) is 10.6 Å². The lowest BCUT2D eigenvalue weighted by atomic mass is 9.85. The fourth-order valence-electron chi connectivity index (χ4n) is 0.962. The van der Waals surface area contributed by atoms with E-state index in [1.165, 1.54) is 6.42 Å². The van der Waals surface area contributed by atoms with E-state index in [0.29, 0.717) is 5.92 Å². The fraction of sp³-hybridized carbons (Fsp3) is 1.00. The summed E-state index contributed by atoms with van der Waals surface area (Å²) in [7, 11) is -2.13. The number of rotatable bonds is 2.